The van der Waals surface area contributed by atoms with Crippen LogP contribution >= 0.6 is 0 Å². The van der Waals surface area contributed by atoms with E-state index < -0.39 is 0 Å². The van der Waals surface area contributed by atoms with Crippen molar-refractivity contribution in [1.82, 2.24) is 0 Å². The zero-order valence-corrected chi connectivity index (χ0v) is 21.4. The van der Waals surface area contributed by atoms with E-state index in [4.69, 9.17) is 20.9 Å². The first-order valence-electron chi connectivity index (χ1n) is 13.1. The normalized spacial score (nSPS) is 13.0. The van der Waals surface area contributed by atoms with Crippen LogP contribution in [0, 0.1) is 0 Å². The molecule has 0 aromatic heterocycles. The SMILES string of the molecule is Nc1cc(N2c3ccccc3Oc3ccccc32)cc2c(N)cc(N3c4ccccc4Oc4ccccc43)cc12. The molecule has 6 aromatic carbocycles. The van der Waals surface area contributed by atoms with E-state index >= 15 is 0 Å². The maximum atomic E-state index is 6.80. The molecule has 0 bridgehead atoms. The van der Waals surface area contributed by atoms with Gasteiger partial charge >= 0.3 is 0 Å². The van der Waals surface area contributed by atoms with Crippen molar-refractivity contribution >= 4 is 56.3 Å². The summed E-state index contributed by atoms with van der Waals surface area (Å²) >= 11 is 0. The van der Waals surface area contributed by atoms with Crippen LogP contribution in [0.3, 0.4) is 0 Å². The zero-order valence-electron chi connectivity index (χ0n) is 21.4. The Bertz CT molecular complexity index is 1740. The van der Waals surface area contributed by atoms with Crippen molar-refractivity contribution in [3.8, 4) is 23.0 Å². The number of anilines is 8. The summed E-state index contributed by atoms with van der Waals surface area (Å²) < 4.78 is 12.4. The molecule has 6 nitrogen and oxygen atoms in total. The predicted molar refractivity (Wildman–Crippen MR) is 162 cm³/mol. The Hall–Kier alpha value is -5.62. The van der Waals surface area contributed by atoms with Gasteiger partial charge in [-0.1, -0.05) is 48.5 Å². The quantitative estimate of drug-likeness (QED) is 0.221. The molecule has 2 aliphatic rings. The van der Waals surface area contributed by atoms with Gasteiger partial charge < -0.3 is 30.7 Å². The lowest BCUT2D eigenvalue weighted by Crippen LogP contribution is -2.17. The second kappa shape index (κ2) is 8.44. The number of benzene rings is 6. The first kappa shape index (κ1) is 22.4. The number of nitrogen functional groups attached to an aromatic ring is 2. The fourth-order valence-corrected chi connectivity index (χ4v) is 5.71. The molecule has 0 radical (unpaired) electrons. The maximum Gasteiger partial charge on any atom is 0.151 e. The Balaban J connectivity index is 1.31. The van der Waals surface area contributed by atoms with Crippen molar-refractivity contribution in [2.24, 2.45) is 0 Å². The van der Waals surface area contributed by atoms with Crippen molar-refractivity contribution in [3.05, 3.63) is 121 Å². The molecule has 8 rings (SSSR count). The van der Waals surface area contributed by atoms with Gasteiger partial charge in [0.05, 0.1) is 22.7 Å². The van der Waals surface area contributed by atoms with Gasteiger partial charge in [-0.2, -0.15) is 0 Å². The molecule has 4 N–H and O–H groups in total. The highest BCUT2D eigenvalue weighted by atomic mass is 16.5. The van der Waals surface area contributed by atoms with Gasteiger partial charge in [-0.3, -0.25) is 0 Å². The van der Waals surface area contributed by atoms with Gasteiger partial charge in [-0.15, -0.1) is 0 Å². The van der Waals surface area contributed by atoms with Crippen molar-refractivity contribution in [1.29, 1.82) is 0 Å². The van der Waals surface area contributed by atoms with E-state index in [0.29, 0.717) is 11.4 Å². The molecule has 40 heavy (non-hydrogen) atoms. The standard InChI is InChI=1S/C34H24N4O2/c35-25-19-21(37-27-9-1-5-13-31(27)39-32-14-6-2-10-28(32)37)17-23-24(25)18-22(20-26(23)36)38-29-11-3-7-15-33(29)40-34-16-8-4-12-30(34)38/h1-20H,35-36H2. The molecule has 6 heteroatoms. The summed E-state index contributed by atoms with van der Waals surface area (Å²) in [4.78, 5) is 4.34. The smallest absolute Gasteiger partial charge is 0.151 e. The van der Waals surface area contributed by atoms with Gasteiger partial charge in [-0.05, 0) is 72.8 Å². The Kier molecular flexibility index (Phi) is 4.72. The highest BCUT2D eigenvalue weighted by molar-refractivity contribution is 6.07. The van der Waals surface area contributed by atoms with Gasteiger partial charge in [0.1, 0.15) is 0 Å². The number of nitrogens with two attached hydrogens (primary N) is 2. The molecule has 192 valence electrons. The molecular formula is C34H24N4O2. The highest BCUT2D eigenvalue weighted by Crippen LogP contribution is 2.53. The average Bonchev–Trinajstić information content (AvgIpc) is 2.99. The lowest BCUT2D eigenvalue weighted by Gasteiger charge is -2.34. The number of ether oxygens (including phenoxy) is 2. The molecular weight excluding hydrogens is 496 g/mol. The largest absolute Gasteiger partial charge is 0.453 e. The molecule has 0 fully saturated rings. The summed E-state index contributed by atoms with van der Waals surface area (Å²) in [6.07, 6.45) is 0. The first-order chi connectivity index (χ1) is 19.7. The molecule has 0 unspecified atom stereocenters. The number of hydrogen-bond acceptors (Lipinski definition) is 6. The summed E-state index contributed by atoms with van der Waals surface area (Å²) in [5.41, 5.74) is 20.5. The third kappa shape index (κ3) is 3.29. The summed E-state index contributed by atoms with van der Waals surface area (Å²) in [7, 11) is 0. The Morgan fingerprint density at radius 3 is 1.02 bits per heavy atom. The van der Waals surface area contributed by atoms with Crippen molar-refractivity contribution < 1.29 is 9.47 Å². The number of para-hydroxylation sites is 8. The average molecular weight is 521 g/mol. The van der Waals surface area contributed by atoms with Crippen LogP contribution in [0.1, 0.15) is 0 Å². The first-order valence-corrected chi connectivity index (χ1v) is 13.1. The number of nitrogens with zero attached hydrogens (tertiary/aromatic N) is 2. The fourth-order valence-electron chi connectivity index (χ4n) is 5.71. The lowest BCUT2D eigenvalue weighted by atomic mass is 10.0. The highest BCUT2D eigenvalue weighted by Gasteiger charge is 2.28. The second-order valence-electron chi connectivity index (χ2n) is 9.91. The number of hydrogen-bond donors (Lipinski definition) is 2. The zero-order chi connectivity index (χ0) is 26.8. The Labute approximate surface area is 231 Å². The molecule has 6 aromatic rings. The van der Waals surface area contributed by atoms with E-state index in [1.807, 2.05) is 109 Å². The predicted octanol–water partition coefficient (Wildman–Crippen LogP) is 9.16. The van der Waals surface area contributed by atoms with Crippen LogP contribution in [0.15, 0.2) is 121 Å². The van der Waals surface area contributed by atoms with Gasteiger partial charge in [0.2, 0.25) is 0 Å². The molecule has 0 spiro atoms. The monoisotopic (exact) mass is 520 g/mol. The molecule has 0 saturated carbocycles. The van der Waals surface area contributed by atoms with Crippen molar-refractivity contribution in [2.45, 2.75) is 0 Å². The molecule has 0 saturated heterocycles. The van der Waals surface area contributed by atoms with Crippen LogP contribution in [0.25, 0.3) is 10.8 Å². The Morgan fingerprint density at radius 2 is 0.700 bits per heavy atom. The minimum absolute atomic E-state index is 0.636. The van der Waals surface area contributed by atoms with Crippen LogP contribution in [0.4, 0.5) is 45.5 Å². The molecule has 2 heterocycles. The van der Waals surface area contributed by atoms with Crippen LogP contribution in [-0.2, 0) is 0 Å². The van der Waals surface area contributed by atoms with Crippen LogP contribution in [0.2, 0.25) is 0 Å². The van der Waals surface area contributed by atoms with Crippen LogP contribution in [0.5, 0.6) is 23.0 Å². The molecule has 0 amide bonds. The van der Waals surface area contributed by atoms with E-state index in [0.717, 1.165) is 67.9 Å². The van der Waals surface area contributed by atoms with E-state index in [1.54, 1.807) is 0 Å². The van der Waals surface area contributed by atoms with Crippen LogP contribution in [-0.4, -0.2) is 0 Å². The fraction of sp³-hybridized carbons (Fsp3) is 0. The topological polar surface area (TPSA) is 77.0 Å². The minimum Gasteiger partial charge on any atom is -0.453 e. The minimum atomic E-state index is 0.636. The van der Waals surface area contributed by atoms with E-state index in [2.05, 4.69) is 21.9 Å². The molecule has 0 aliphatic carbocycles. The summed E-state index contributed by atoms with van der Waals surface area (Å²) in [6, 6.07) is 40.2. The third-order valence-corrected chi connectivity index (χ3v) is 7.48. The van der Waals surface area contributed by atoms with E-state index in [9.17, 15) is 0 Å². The van der Waals surface area contributed by atoms with Gasteiger partial charge in [0.15, 0.2) is 23.0 Å². The molecule has 2 aliphatic heterocycles. The number of rotatable bonds is 2. The van der Waals surface area contributed by atoms with Gasteiger partial charge in [-0.25, -0.2) is 0 Å². The van der Waals surface area contributed by atoms with E-state index in [-0.39, 0.29) is 0 Å². The summed E-state index contributed by atoms with van der Waals surface area (Å²) in [5.74, 6) is 3.14. The maximum absolute atomic E-state index is 6.80. The summed E-state index contributed by atoms with van der Waals surface area (Å²) in [5, 5.41) is 1.77. The Morgan fingerprint density at radius 1 is 0.400 bits per heavy atom. The lowest BCUT2D eigenvalue weighted by molar-refractivity contribution is 0.477. The summed E-state index contributed by atoms with van der Waals surface area (Å²) in [6.45, 7) is 0. The molecule has 0 atom stereocenters. The van der Waals surface area contributed by atoms with Crippen LogP contribution < -0.4 is 30.7 Å². The van der Waals surface area contributed by atoms with Gasteiger partial charge in [0, 0.05) is 33.5 Å². The number of fused-ring (bicyclic) bond motifs is 5. The van der Waals surface area contributed by atoms with E-state index in [1.165, 1.54) is 0 Å². The van der Waals surface area contributed by atoms with Crippen molar-refractivity contribution in [2.75, 3.05) is 21.3 Å². The van der Waals surface area contributed by atoms with Crippen molar-refractivity contribution in [3.63, 3.8) is 0 Å². The second-order valence-corrected chi connectivity index (χ2v) is 9.91. The third-order valence-electron chi connectivity index (χ3n) is 7.48. The van der Waals surface area contributed by atoms with Gasteiger partial charge in [0.25, 0.3) is 0 Å².